The Balaban J connectivity index is 1.50. The molecule has 196 valence electrons. The van der Waals surface area contributed by atoms with E-state index in [2.05, 4.69) is 5.43 Å². The van der Waals surface area contributed by atoms with Crippen molar-refractivity contribution in [2.24, 2.45) is 0 Å². The summed E-state index contributed by atoms with van der Waals surface area (Å²) < 4.78 is 18.0. The first kappa shape index (κ1) is 25.3. The summed E-state index contributed by atoms with van der Waals surface area (Å²) in [6.07, 6.45) is 0.108. The number of nitrogens with one attached hydrogen (secondary N) is 1. The second-order valence-corrected chi connectivity index (χ2v) is 8.49. The van der Waals surface area contributed by atoms with Crippen LogP contribution in [0.3, 0.4) is 0 Å². The van der Waals surface area contributed by atoms with Gasteiger partial charge in [-0.3, -0.25) is 4.40 Å². The molecule has 2 heterocycles. The molecule has 3 aromatic carbocycles. The molecule has 2 aromatic heterocycles. The second kappa shape index (κ2) is 11.8. The summed E-state index contributed by atoms with van der Waals surface area (Å²) >= 11 is 0. The lowest BCUT2D eigenvalue weighted by molar-refractivity contribution is 0.126. The quantitative estimate of drug-likeness (QED) is 0.264. The molecule has 9 nitrogen and oxygen atoms in total. The number of ether oxygens (including phenoxy) is 3. The van der Waals surface area contributed by atoms with Crippen molar-refractivity contribution in [1.82, 2.24) is 14.8 Å². The van der Waals surface area contributed by atoms with Crippen molar-refractivity contribution < 1.29 is 23.8 Å². The zero-order valence-electron chi connectivity index (χ0n) is 21.2. The molecule has 5 rings (SSSR count). The Hall–Kier alpha value is -5.31. The number of methoxy groups -OCH3 is 1. The number of hydrogen-bond donors (Lipinski definition) is 1. The number of fused-ring (bicyclic) bond motifs is 1. The van der Waals surface area contributed by atoms with E-state index in [9.17, 15) is 9.59 Å². The Labute approximate surface area is 225 Å². The van der Waals surface area contributed by atoms with Crippen molar-refractivity contribution in [2.75, 3.05) is 12.1 Å². The van der Waals surface area contributed by atoms with Crippen molar-refractivity contribution in [3.05, 3.63) is 120 Å². The summed E-state index contributed by atoms with van der Waals surface area (Å²) in [6.45, 7) is 0.0313. The highest BCUT2D eigenvalue weighted by molar-refractivity contribution is 5.94. The standard InChI is InChI=1S/C30H26N4O5/c1-37-25-17-15-24(16-18-25)27-28(33-19-9-8-14-26(33)31-27)34(30(36)39-21-23-12-6-3-7-13-23)32-29(35)38-20-22-10-4-2-5-11-22/h2-19H,20-21H2,1H3,(H,32,35). The second-order valence-electron chi connectivity index (χ2n) is 8.49. The molecule has 0 radical (unpaired) electrons. The average Bonchev–Trinajstić information content (AvgIpc) is 3.38. The Morgan fingerprint density at radius 3 is 2.05 bits per heavy atom. The first-order valence-corrected chi connectivity index (χ1v) is 12.2. The van der Waals surface area contributed by atoms with E-state index in [1.165, 1.54) is 0 Å². The summed E-state index contributed by atoms with van der Waals surface area (Å²) in [5.74, 6) is 0.955. The largest absolute Gasteiger partial charge is 0.497 e. The lowest BCUT2D eigenvalue weighted by atomic mass is 10.1. The van der Waals surface area contributed by atoms with Gasteiger partial charge in [-0.05, 0) is 47.5 Å². The molecule has 0 aliphatic rings. The number of rotatable bonds is 7. The lowest BCUT2D eigenvalue weighted by Crippen LogP contribution is -2.47. The highest BCUT2D eigenvalue weighted by Gasteiger charge is 2.29. The minimum atomic E-state index is -0.831. The molecular formula is C30H26N4O5. The topological polar surface area (TPSA) is 94.4 Å². The molecule has 0 aliphatic heterocycles. The van der Waals surface area contributed by atoms with Gasteiger partial charge in [-0.15, -0.1) is 0 Å². The molecule has 0 unspecified atom stereocenters. The molecule has 0 saturated heterocycles. The summed E-state index contributed by atoms with van der Waals surface area (Å²) in [5, 5.41) is 1.02. The fourth-order valence-corrected chi connectivity index (χ4v) is 3.95. The molecule has 5 aromatic rings. The van der Waals surface area contributed by atoms with Gasteiger partial charge < -0.3 is 14.2 Å². The van der Waals surface area contributed by atoms with Crippen LogP contribution < -0.4 is 15.2 Å². The molecule has 2 amide bonds. The van der Waals surface area contributed by atoms with E-state index in [-0.39, 0.29) is 19.0 Å². The Morgan fingerprint density at radius 1 is 0.795 bits per heavy atom. The fourth-order valence-electron chi connectivity index (χ4n) is 3.95. The number of aromatic nitrogens is 2. The number of amides is 2. The maximum absolute atomic E-state index is 13.5. The molecule has 39 heavy (non-hydrogen) atoms. The van der Waals surface area contributed by atoms with E-state index in [1.807, 2.05) is 78.9 Å². The van der Waals surface area contributed by atoms with Gasteiger partial charge in [0.1, 0.15) is 30.3 Å². The van der Waals surface area contributed by atoms with Crippen LogP contribution >= 0.6 is 0 Å². The zero-order valence-corrected chi connectivity index (χ0v) is 21.2. The van der Waals surface area contributed by atoms with Crippen LogP contribution in [0.15, 0.2) is 109 Å². The van der Waals surface area contributed by atoms with Gasteiger partial charge in [0.15, 0.2) is 5.82 Å². The molecule has 0 spiro atoms. The van der Waals surface area contributed by atoms with E-state index in [1.54, 1.807) is 42.0 Å². The minimum Gasteiger partial charge on any atom is -0.497 e. The number of carbonyl (C=O) groups is 2. The molecular weight excluding hydrogens is 496 g/mol. The maximum atomic E-state index is 13.5. The third-order valence-electron chi connectivity index (χ3n) is 5.88. The number of hydrazine groups is 1. The summed E-state index contributed by atoms with van der Waals surface area (Å²) in [6, 6.07) is 31.2. The first-order valence-electron chi connectivity index (χ1n) is 12.2. The van der Waals surface area contributed by atoms with Crippen molar-refractivity contribution >= 4 is 23.7 Å². The number of benzene rings is 3. The third kappa shape index (κ3) is 5.99. The van der Waals surface area contributed by atoms with Gasteiger partial charge in [0.2, 0.25) is 0 Å². The summed E-state index contributed by atoms with van der Waals surface area (Å²) in [5.41, 5.74) is 5.88. The monoisotopic (exact) mass is 522 g/mol. The van der Waals surface area contributed by atoms with E-state index in [0.29, 0.717) is 22.7 Å². The number of hydrogen-bond acceptors (Lipinski definition) is 6. The Bertz CT molecular complexity index is 1550. The van der Waals surface area contributed by atoms with Crippen LogP contribution in [0.4, 0.5) is 15.4 Å². The first-order chi connectivity index (χ1) is 19.1. The molecule has 9 heteroatoms. The van der Waals surface area contributed by atoms with E-state index >= 15 is 0 Å². The molecule has 0 atom stereocenters. The van der Waals surface area contributed by atoms with E-state index < -0.39 is 12.2 Å². The zero-order chi connectivity index (χ0) is 27.0. The van der Waals surface area contributed by atoms with Crippen LogP contribution in [-0.2, 0) is 22.7 Å². The fraction of sp³-hybridized carbons (Fsp3) is 0.100. The van der Waals surface area contributed by atoms with Gasteiger partial charge in [0.25, 0.3) is 0 Å². The molecule has 0 aliphatic carbocycles. The smallest absolute Gasteiger partial charge is 0.435 e. The van der Waals surface area contributed by atoms with Crippen LogP contribution in [0.25, 0.3) is 16.9 Å². The van der Waals surface area contributed by atoms with E-state index in [0.717, 1.165) is 16.1 Å². The predicted molar refractivity (Wildman–Crippen MR) is 146 cm³/mol. The lowest BCUT2D eigenvalue weighted by Gasteiger charge is -2.23. The SMILES string of the molecule is COc1ccc(-c2nc3ccccn3c2N(NC(=O)OCc2ccccc2)C(=O)OCc2ccccc2)cc1. The van der Waals surface area contributed by atoms with Gasteiger partial charge in [0.05, 0.1) is 7.11 Å². The molecule has 1 N–H and O–H groups in total. The van der Waals surface area contributed by atoms with Crippen LogP contribution in [0, 0.1) is 0 Å². The number of imidazole rings is 1. The van der Waals surface area contributed by atoms with Gasteiger partial charge in [0, 0.05) is 11.8 Å². The van der Waals surface area contributed by atoms with Gasteiger partial charge in [-0.2, -0.15) is 5.01 Å². The number of anilines is 1. The summed E-state index contributed by atoms with van der Waals surface area (Å²) in [4.78, 5) is 31.2. The van der Waals surface area contributed by atoms with Crippen molar-refractivity contribution in [1.29, 1.82) is 0 Å². The Morgan fingerprint density at radius 2 is 1.41 bits per heavy atom. The summed E-state index contributed by atoms with van der Waals surface area (Å²) in [7, 11) is 1.58. The molecule has 0 bridgehead atoms. The number of pyridine rings is 1. The van der Waals surface area contributed by atoms with Crippen LogP contribution in [0.5, 0.6) is 5.75 Å². The van der Waals surface area contributed by atoms with Gasteiger partial charge in [-0.25, -0.2) is 20.0 Å². The molecule has 0 fully saturated rings. The maximum Gasteiger partial charge on any atom is 0.435 e. The minimum absolute atomic E-state index is 0.00548. The van der Waals surface area contributed by atoms with Crippen molar-refractivity contribution in [3.8, 4) is 17.0 Å². The Kier molecular flexibility index (Phi) is 7.68. The van der Waals surface area contributed by atoms with Gasteiger partial charge >= 0.3 is 12.2 Å². The number of nitrogens with zero attached hydrogens (tertiary/aromatic N) is 3. The van der Waals surface area contributed by atoms with Gasteiger partial charge in [-0.1, -0.05) is 66.7 Å². The molecule has 0 saturated carbocycles. The normalized spacial score (nSPS) is 10.6. The highest BCUT2D eigenvalue weighted by Crippen LogP contribution is 2.32. The van der Waals surface area contributed by atoms with Crippen LogP contribution in [-0.4, -0.2) is 28.7 Å². The van der Waals surface area contributed by atoms with Crippen LogP contribution in [0.1, 0.15) is 11.1 Å². The van der Waals surface area contributed by atoms with E-state index in [4.69, 9.17) is 19.2 Å². The number of carbonyl (C=O) groups excluding carboxylic acids is 2. The van der Waals surface area contributed by atoms with Crippen molar-refractivity contribution in [3.63, 3.8) is 0 Å². The van der Waals surface area contributed by atoms with Crippen LogP contribution in [0.2, 0.25) is 0 Å². The third-order valence-corrected chi connectivity index (χ3v) is 5.88. The predicted octanol–water partition coefficient (Wildman–Crippen LogP) is 5.99. The van der Waals surface area contributed by atoms with Crippen molar-refractivity contribution in [2.45, 2.75) is 13.2 Å². The average molecular weight is 523 g/mol. The highest BCUT2D eigenvalue weighted by atomic mass is 16.6.